The van der Waals surface area contributed by atoms with Gasteiger partial charge in [-0.05, 0) is 41.9 Å². The van der Waals surface area contributed by atoms with Gasteiger partial charge >= 0.3 is 6.18 Å². The van der Waals surface area contributed by atoms with Crippen molar-refractivity contribution in [3.63, 3.8) is 0 Å². The summed E-state index contributed by atoms with van der Waals surface area (Å²) in [6, 6.07) is 8.43. The van der Waals surface area contributed by atoms with E-state index in [0.717, 1.165) is 22.6 Å². The fraction of sp³-hybridized carbons (Fsp3) is 0.312. The van der Waals surface area contributed by atoms with E-state index in [1.165, 1.54) is 5.56 Å². The standard InChI is InChI=1S/C16H18F3N5OS/c1-10(2)11-3-5-12(6-4-11)20-15(26)22-21-14(25)9-24-8-7-13(23-24)16(17,18)19/h3-8,10H,9H2,1-2H3,(H,21,25)(H2,20,22,26). The minimum absolute atomic E-state index is 0.145. The number of nitrogens with zero attached hydrogens (tertiary/aromatic N) is 2. The molecule has 0 saturated heterocycles. The summed E-state index contributed by atoms with van der Waals surface area (Å²) < 4.78 is 38.3. The maximum atomic E-state index is 12.5. The van der Waals surface area contributed by atoms with Crippen molar-refractivity contribution in [2.75, 3.05) is 5.32 Å². The van der Waals surface area contributed by atoms with Crippen molar-refractivity contribution in [1.29, 1.82) is 0 Å². The number of thiocarbonyl (C=S) groups is 1. The smallest absolute Gasteiger partial charge is 0.331 e. The predicted octanol–water partition coefficient (Wildman–Crippen LogP) is 3.04. The summed E-state index contributed by atoms with van der Waals surface area (Å²) in [5, 5.41) is 6.32. The van der Waals surface area contributed by atoms with Crippen LogP contribution in [0.25, 0.3) is 0 Å². The summed E-state index contributed by atoms with van der Waals surface area (Å²) in [5.41, 5.74) is 5.64. The molecule has 1 heterocycles. The second-order valence-electron chi connectivity index (χ2n) is 5.80. The van der Waals surface area contributed by atoms with Gasteiger partial charge in [0.15, 0.2) is 10.8 Å². The van der Waals surface area contributed by atoms with Gasteiger partial charge in [-0.1, -0.05) is 26.0 Å². The first-order valence-electron chi connectivity index (χ1n) is 7.71. The molecule has 26 heavy (non-hydrogen) atoms. The van der Waals surface area contributed by atoms with E-state index in [-0.39, 0.29) is 11.7 Å². The Morgan fingerprint density at radius 2 is 1.85 bits per heavy atom. The monoisotopic (exact) mass is 385 g/mol. The molecule has 1 aromatic carbocycles. The summed E-state index contributed by atoms with van der Waals surface area (Å²) in [6.45, 7) is 3.79. The number of anilines is 1. The molecule has 1 amide bonds. The van der Waals surface area contributed by atoms with Crippen molar-refractivity contribution in [1.82, 2.24) is 20.6 Å². The van der Waals surface area contributed by atoms with E-state index in [4.69, 9.17) is 12.2 Å². The third-order valence-electron chi connectivity index (χ3n) is 3.39. The van der Waals surface area contributed by atoms with Crippen LogP contribution in [0.1, 0.15) is 31.0 Å². The Kier molecular flexibility index (Phi) is 6.19. The first-order valence-corrected chi connectivity index (χ1v) is 8.12. The van der Waals surface area contributed by atoms with Gasteiger partial charge in [0.2, 0.25) is 0 Å². The zero-order chi connectivity index (χ0) is 19.3. The molecule has 0 saturated carbocycles. The van der Waals surface area contributed by atoms with Gasteiger partial charge in [0, 0.05) is 11.9 Å². The summed E-state index contributed by atoms with van der Waals surface area (Å²) in [6.07, 6.45) is -3.47. The van der Waals surface area contributed by atoms with Crippen LogP contribution in [-0.4, -0.2) is 20.8 Å². The molecule has 6 nitrogen and oxygen atoms in total. The normalized spacial score (nSPS) is 11.3. The lowest BCUT2D eigenvalue weighted by Crippen LogP contribution is -2.45. The molecule has 2 aromatic rings. The van der Waals surface area contributed by atoms with Gasteiger partial charge in [0.25, 0.3) is 5.91 Å². The number of carbonyl (C=O) groups is 1. The van der Waals surface area contributed by atoms with Crippen LogP contribution in [0.15, 0.2) is 36.5 Å². The number of halogens is 3. The predicted molar refractivity (Wildman–Crippen MR) is 95.3 cm³/mol. The van der Waals surface area contributed by atoms with E-state index in [9.17, 15) is 18.0 Å². The molecular weight excluding hydrogens is 367 g/mol. The summed E-state index contributed by atoms with van der Waals surface area (Å²) in [4.78, 5) is 11.7. The van der Waals surface area contributed by atoms with E-state index in [1.54, 1.807) is 0 Å². The van der Waals surface area contributed by atoms with Crippen LogP contribution in [0, 0.1) is 0 Å². The summed E-state index contributed by atoms with van der Waals surface area (Å²) >= 11 is 5.05. The number of benzene rings is 1. The van der Waals surface area contributed by atoms with Gasteiger partial charge < -0.3 is 5.32 Å². The second-order valence-corrected chi connectivity index (χ2v) is 6.21. The van der Waals surface area contributed by atoms with E-state index in [1.807, 2.05) is 24.3 Å². The minimum Gasteiger partial charge on any atom is -0.331 e. The molecule has 3 N–H and O–H groups in total. The number of hydrogen-bond acceptors (Lipinski definition) is 3. The molecule has 0 aliphatic carbocycles. The molecule has 0 spiro atoms. The zero-order valence-corrected chi connectivity index (χ0v) is 14.9. The van der Waals surface area contributed by atoms with Crippen LogP contribution in [0.2, 0.25) is 0 Å². The number of rotatable bonds is 4. The van der Waals surface area contributed by atoms with Gasteiger partial charge in [-0.3, -0.25) is 20.3 Å². The molecule has 0 fully saturated rings. The number of nitrogens with one attached hydrogen (secondary N) is 3. The highest BCUT2D eigenvalue weighted by Gasteiger charge is 2.33. The molecule has 0 aliphatic heterocycles. The Hall–Kier alpha value is -2.62. The maximum absolute atomic E-state index is 12.5. The quantitative estimate of drug-likeness (QED) is 0.558. The van der Waals surface area contributed by atoms with E-state index >= 15 is 0 Å². The Balaban J connectivity index is 1.79. The Bertz CT molecular complexity index is 771. The molecular formula is C16H18F3N5OS. The number of aromatic nitrogens is 2. The maximum Gasteiger partial charge on any atom is 0.435 e. The second kappa shape index (κ2) is 8.17. The summed E-state index contributed by atoms with van der Waals surface area (Å²) in [7, 11) is 0. The van der Waals surface area contributed by atoms with Crippen molar-refractivity contribution in [3.05, 3.63) is 47.8 Å². The van der Waals surface area contributed by atoms with Crippen LogP contribution in [0.4, 0.5) is 18.9 Å². The van der Waals surface area contributed by atoms with Gasteiger partial charge in [-0.25, -0.2) is 0 Å². The van der Waals surface area contributed by atoms with Crippen molar-refractivity contribution < 1.29 is 18.0 Å². The summed E-state index contributed by atoms with van der Waals surface area (Å²) in [5.74, 6) is -0.185. The number of alkyl halides is 3. The van der Waals surface area contributed by atoms with Crippen LogP contribution >= 0.6 is 12.2 Å². The molecule has 0 unspecified atom stereocenters. The number of amides is 1. The Morgan fingerprint density at radius 1 is 1.19 bits per heavy atom. The number of hydrazine groups is 1. The largest absolute Gasteiger partial charge is 0.435 e. The molecule has 0 bridgehead atoms. The van der Waals surface area contributed by atoms with Crippen LogP contribution in [-0.2, 0) is 17.5 Å². The highest BCUT2D eigenvalue weighted by molar-refractivity contribution is 7.80. The van der Waals surface area contributed by atoms with Crippen LogP contribution in [0.5, 0.6) is 0 Å². The molecule has 10 heteroatoms. The van der Waals surface area contributed by atoms with E-state index < -0.39 is 17.8 Å². The molecule has 2 rings (SSSR count). The lowest BCUT2D eigenvalue weighted by atomic mass is 10.0. The highest BCUT2D eigenvalue weighted by Crippen LogP contribution is 2.27. The zero-order valence-electron chi connectivity index (χ0n) is 14.1. The van der Waals surface area contributed by atoms with Crippen molar-refractivity contribution in [2.24, 2.45) is 0 Å². The van der Waals surface area contributed by atoms with E-state index in [2.05, 4.69) is 35.1 Å². The van der Waals surface area contributed by atoms with Crippen molar-refractivity contribution in [2.45, 2.75) is 32.5 Å². The SMILES string of the molecule is CC(C)c1ccc(NC(=S)NNC(=O)Cn2ccc(C(F)(F)F)n2)cc1. The third kappa shape index (κ3) is 5.73. The van der Waals surface area contributed by atoms with Gasteiger partial charge in [-0.15, -0.1) is 0 Å². The minimum atomic E-state index is -4.55. The van der Waals surface area contributed by atoms with Crippen LogP contribution in [0.3, 0.4) is 0 Å². The topological polar surface area (TPSA) is 71.0 Å². The third-order valence-corrected chi connectivity index (χ3v) is 3.59. The molecule has 0 aliphatic rings. The lowest BCUT2D eigenvalue weighted by Gasteiger charge is -2.12. The van der Waals surface area contributed by atoms with Crippen molar-refractivity contribution in [3.8, 4) is 0 Å². The first-order chi connectivity index (χ1) is 12.1. The first kappa shape index (κ1) is 19.7. The van der Waals surface area contributed by atoms with E-state index in [0.29, 0.717) is 5.92 Å². The molecule has 140 valence electrons. The lowest BCUT2D eigenvalue weighted by molar-refractivity contribution is -0.141. The molecule has 1 aromatic heterocycles. The average molecular weight is 385 g/mol. The fourth-order valence-corrected chi connectivity index (χ4v) is 2.20. The number of carbonyl (C=O) groups excluding carboxylic acids is 1. The van der Waals surface area contributed by atoms with Gasteiger partial charge in [0.05, 0.1) is 0 Å². The van der Waals surface area contributed by atoms with Crippen LogP contribution < -0.4 is 16.2 Å². The Labute approximate surface area is 153 Å². The van der Waals surface area contributed by atoms with Gasteiger partial charge in [0.1, 0.15) is 6.54 Å². The fourth-order valence-electron chi connectivity index (χ4n) is 2.03. The average Bonchev–Trinajstić information content (AvgIpc) is 3.02. The highest BCUT2D eigenvalue weighted by atomic mass is 32.1. The Morgan fingerprint density at radius 3 is 2.38 bits per heavy atom. The van der Waals surface area contributed by atoms with Crippen molar-refractivity contribution >= 4 is 28.9 Å². The molecule has 0 atom stereocenters. The molecule has 0 radical (unpaired) electrons. The number of hydrogen-bond donors (Lipinski definition) is 3. The van der Waals surface area contributed by atoms with Gasteiger partial charge in [-0.2, -0.15) is 18.3 Å².